The SMILES string of the molecule is CC[NH+](CC(=O)NCCC1=CCCCC1)CC(=O)NC(C)C. The van der Waals surface area contributed by atoms with Crippen molar-refractivity contribution in [1.29, 1.82) is 0 Å². The van der Waals surface area contributed by atoms with E-state index in [1.807, 2.05) is 20.8 Å². The largest absolute Gasteiger partial charge is 0.351 e. The van der Waals surface area contributed by atoms with Crippen molar-refractivity contribution in [2.75, 3.05) is 26.2 Å². The Bertz CT molecular complexity index is 391. The van der Waals surface area contributed by atoms with Crippen LogP contribution in [-0.2, 0) is 9.59 Å². The fourth-order valence-corrected chi connectivity index (χ4v) is 2.70. The first kappa shape index (κ1) is 18.7. The van der Waals surface area contributed by atoms with Gasteiger partial charge in [0.25, 0.3) is 11.8 Å². The highest BCUT2D eigenvalue weighted by molar-refractivity contribution is 5.79. The maximum atomic E-state index is 12.0. The average Bonchev–Trinajstić information content (AvgIpc) is 2.46. The molecule has 1 rings (SSSR count). The minimum Gasteiger partial charge on any atom is -0.351 e. The number of likely N-dealkylation sites (N-methyl/N-ethyl adjacent to an activating group) is 1. The third-order valence-corrected chi connectivity index (χ3v) is 3.92. The lowest BCUT2D eigenvalue weighted by molar-refractivity contribution is -0.881. The van der Waals surface area contributed by atoms with Gasteiger partial charge in [-0.3, -0.25) is 9.59 Å². The van der Waals surface area contributed by atoms with E-state index in [9.17, 15) is 9.59 Å². The van der Waals surface area contributed by atoms with Crippen LogP contribution in [-0.4, -0.2) is 44.0 Å². The second-order valence-electron chi connectivity index (χ2n) is 6.39. The second-order valence-corrected chi connectivity index (χ2v) is 6.39. The first-order valence-electron chi connectivity index (χ1n) is 8.58. The summed E-state index contributed by atoms with van der Waals surface area (Å²) < 4.78 is 0. The molecule has 22 heavy (non-hydrogen) atoms. The van der Waals surface area contributed by atoms with Crippen LogP contribution in [0.25, 0.3) is 0 Å². The first-order chi connectivity index (χ1) is 10.5. The molecule has 1 aliphatic rings. The summed E-state index contributed by atoms with van der Waals surface area (Å²) in [5.74, 6) is 0.0395. The lowest BCUT2D eigenvalue weighted by Gasteiger charge is -2.18. The zero-order valence-corrected chi connectivity index (χ0v) is 14.3. The van der Waals surface area contributed by atoms with Gasteiger partial charge in [-0.15, -0.1) is 0 Å². The number of carbonyl (C=O) groups excluding carboxylic acids is 2. The number of amides is 2. The minimum atomic E-state index is 0.00649. The van der Waals surface area contributed by atoms with Gasteiger partial charge < -0.3 is 15.5 Å². The van der Waals surface area contributed by atoms with Gasteiger partial charge in [0.1, 0.15) is 0 Å². The zero-order chi connectivity index (χ0) is 16.4. The van der Waals surface area contributed by atoms with E-state index in [0.717, 1.165) is 17.9 Å². The molecule has 0 heterocycles. The molecule has 0 bridgehead atoms. The molecule has 1 atom stereocenters. The standard InChI is InChI=1S/C17H31N3O2/c1-4-20(13-17(22)19-14(2)3)12-16(21)18-11-10-15-8-6-5-7-9-15/h8,14H,4-7,9-13H2,1-3H3,(H,18,21)(H,19,22)/p+1. The fourth-order valence-electron chi connectivity index (χ4n) is 2.70. The van der Waals surface area contributed by atoms with Crippen LogP contribution in [0.4, 0.5) is 0 Å². The molecule has 1 unspecified atom stereocenters. The third kappa shape index (κ3) is 8.17. The molecule has 5 heteroatoms. The van der Waals surface area contributed by atoms with Crippen LogP contribution in [0.3, 0.4) is 0 Å². The van der Waals surface area contributed by atoms with Gasteiger partial charge in [0.15, 0.2) is 13.1 Å². The predicted octanol–water partition coefficient (Wildman–Crippen LogP) is 0.423. The van der Waals surface area contributed by atoms with E-state index in [1.54, 1.807) is 0 Å². The maximum Gasteiger partial charge on any atom is 0.275 e. The van der Waals surface area contributed by atoms with Crippen molar-refractivity contribution in [2.24, 2.45) is 0 Å². The summed E-state index contributed by atoms with van der Waals surface area (Å²) in [6.45, 7) is 8.07. The highest BCUT2D eigenvalue weighted by Gasteiger charge is 2.16. The quantitative estimate of drug-likeness (QED) is 0.541. The van der Waals surface area contributed by atoms with E-state index >= 15 is 0 Å². The van der Waals surface area contributed by atoms with Crippen molar-refractivity contribution in [3.05, 3.63) is 11.6 Å². The molecule has 0 aromatic heterocycles. The number of nitrogens with one attached hydrogen (secondary N) is 3. The number of quaternary nitrogens is 1. The van der Waals surface area contributed by atoms with Crippen LogP contribution in [0.5, 0.6) is 0 Å². The zero-order valence-electron chi connectivity index (χ0n) is 14.3. The Morgan fingerprint density at radius 1 is 1.23 bits per heavy atom. The summed E-state index contributed by atoms with van der Waals surface area (Å²) in [7, 11) is 0. The number of carbonyl (C=O) groups is 2. The number of rotatable bonds is 9. The smallest absolute Gasteiger partial charge is 0.275 e. The van der Waals surface area contributed by atoms with Crippen molar-refractivity contribution >= 4 is 11.8 Å². The molecule has 3 N–H and O–H groups in total. The normalized spacial score (nSPS) is 16.1. The third-order valence-electron chi connectivity index (χ3n) is 3.92. The molecule has 126 valence electrons. The van der Waals surface area contributed by atoms with Gasteiger partial charge in [0, 0.05) is 12.6 Å². The number of hydrogen-bond donors (Lipinski definition) is 3. The molecule has 5 nitrogen and oxygen atoms in total. The summed E-state index contributed by atoms with van der Waals surface area (Å²) in [5.41, 5.74) is 1.47. The molecule has 0 saturated heterocycles. The van der Waals surface area contributed by atoms with Gasteiger partial charge in [-0.1, -0.05) is 11.6 Å². The highest BCUT2D eigenvalue weighted by atomic mass is 16.2. The van der Waals surface area contributed by atoms with Gasteiger partial charge >= 0.3 is 0 Å². The second kappa shape index (κ2) is 10.4. The van der Waals surface area contributed by atoms with Gasteiger partial charge in [-0.05, 0) is 52.9 Å². The Kier molecular flexibility index (Phi) is 8.82. The first-order valence-corrected chi connectivity index (χ1v) is 8.58. The molecule has 0 aliphatic heterocycles. The monoisotopic (exact) mass is 310 g/mol. The van der Waals surface area contributed by atoms with E-state index in [4.69, 9.17) is 0 Å². The van der Waals surface area contributed by atoms with Crippen LogP contribution in [0.15, 0.2) is 11.6 Å². The Hall–Kier alpha value is -1.36. The summed E-state index contributed by atoms with van der Waals surface area (Å²) in [6, 6.07) is 0.142. The van der Waals surface area contributed by atoms with Crippen molar-refractivity contribution in [2.45, 2.75) is 58.9 Å². The lowest BCUT2D eigenvalue weighted by atomic mass is 9.97. The number of hydrogen-bond acceptors (Lipinski definition) is 2. The van der Waals surface area contributed by atoms with E-state index in [2.05, 4.69) is 16.7 Å². The molecule has 0 radical (unpaired) electrons. The van der Waals surface area contributed by atoms with Gasteiger partial charge in [-0.25, -0.2) is 0 Å². The summed E-state index contributed by atoms with van der Waals surface area (Å²) in [6.07, 6.45) is 8.21. The summed E-state index contributed by atoms with van der Waals surface area (Å²) in [4.78, 5) is 24.7. The van der Waals surface area contributed by atoms with Gasteiger partial charge in [0.05, 0.1) is 6.54 Å². The molecule has 0 saturated carbocycles. The van der Waals surface area contributed by atoms with Crippen molar-refractivity contribution in [3.63, 3.8) is 0 Å². The van der Waals surface area contributed by atoms with Gasteiger partial charge in [0.2, 0.25) is 0 Å². The molecule has 2 amide bonds. The molecule has 0 aromatic rings. The molecule has 1 aliphatic carbocycles. The molecule has 0 spiro atoms. The summed E-state index contributed by atoms with van der Waals surface area (Å²) in [5, 5.41) is 5.84. The topological polar surface area (TPSA) is 62.6 Å². The number of allylic oxidation sites excluding steroid dienone is 1. The Morgan fingerprint density at radius 2 is 1.95 bits per heavy atom. The lowest BCUT2D eigenvalue weighted by Crippen LogP contribution is -3.14. The molecular formula is C17H32N3O2+. The predicted molar refractivity (Wildman–Crippen MR) is 88.7 cm³/mol. The van der Waals surface area contributed by atoms with Crippen molar-refractivity contribution < 1.29 is 14.5 Å². The van der Waals surface area contributed by atoms with Crippen molar-refractivity contribution in [1.82, 2.24) is 10.6 Å². The Labute approximate surface area is 134 Å². The summed E-state index contributed by atoms with van der Waals surface area (Å²) >= 11 is 0. The average molecular weight is 310 g/mol. The fraction of sp³-hybridized carbons (Fsp3) is 0.765. The molecule has 0 aromatic carbocycles. The van der Waals surface area contributed by atoms with E-state index in [0.29, 0.717) is 19.6 Å². The van der Waals surface area contributed by atoms with E-state index in [1.165, 1.54) is 31.3 Å². The highest BCUT2D eigenvalue weighted by Crippen LogP contribution is 2.19. The Balaban J connectivity index is 2.23. The molecule has 0 fully saturated rings. The maximum absolute atomic E-state index is 12.0. The van der Waals surface area contributed by atoms with Crippen LogP contribution >= 0.6 is 0 Å². The van der Waals surface area contributed by atoms with Crippen LogP contribution in [0, 0.1) is 0 Å². The van der Waals surface area contributed by atoms with Crippen LogP contribution in [0.2, 0.25) is 0 Å². The van der Waals surface area contributed by atoms with E-state index in [-0.39, 0.29) is 17.9 Å². The van der Waals surface area contributed by atoms with Crippen LogP contribution in [0.1, 0.15) is 52.9 Å². The van der Waals surface area contributed by atoms with E-state index < -0.39 is 0 Å². The van der Waals surface area contributed by atoms with Crippen LogP contribution < -0.4 is 15.5 Å². The minimum absolute atomic E-state index is 0.00649. The Morgan fingerprint density at radius 3 is 2.55 bits per heavy atom. The molecular weight excluding hydrogens is 278 g/mol. The van der Waals surface area contributed by atoms with Crippen molar-refractivity contribution in [3.8, 4) is 0 Å². The van der Waals surface area contributed by atoms with Gasteiger partial charge in [-0.2, -0.15) is 0 Å².